The molecule has 0 aliphatic heterocycles. The summed E-state index contributed by atoms with van der Waals surface area (Å²) in [5, 5.41) is 11.1. The number of nitrogen functional groups attached to an aromatic ring is 1. The van der Waals surface area contributed by atoms with Gasteiger partial charge in [-0.15, -0.1) is 0 Å². The predicted octanol–water partition coefficient (Wildman–Crippen LogP) is -0.144. The molecule has 0 aliphatic rings. The largest absolute Gasteiger partial charge is 0.480 e. The molecule has 0 saturated carbocycles. The van der Waals surface area contributed by atoms with E-state index in [1.165, 1.54) is 6.07 Å². The molecule has 1 rings (SSSR count). The van der Waals surface area contributed by atoms with Gasteiger partial charge in [-0.3, -0.25) is 9.59 Å². The van der Waals surface area contributed by atoms with E-state index in [0.29, 0.717) is 0 Å². The number of nitrogens with two attached hydrogens (primary N) is 2. The molecule has 0 unspecified atom stereocenters. The second-order valence-electron chi connectivity index (χ2n) is 4.10. The second-order valence-corrected chi connectivity index (χ2v) is 4.10. The summed E-state index contributed by atoms with van der Waals surface area (Å²) >= 11 is 0. The van der Waals surface area contributed by atoms with Crippen LogP contribution in [0.3, 0.4) is 0 Å². The van der Waals surface area contributed by atoms with Gasteiger partial charge in [0.1, 0.15) is 11.9 Å². The molecule has 20 heavy (non-hydrogen) atoms. The van der Waals surface area contributed by atoms with E-state index in [1.807, 2.05) is 0 Å². The Morgan fingerprint density at radius 3 is 2.55 bits per heavy atom. The molecular formula is C12H14FN3O4. The van der Waals surface area contributed by atoms with Gasteiger partial charge in [0.25, 0.3) is 5.91 Å². The van der Waals surface area contributed by atoms with E-state index in [-0.39, 0.29) is 24.1 Å². The van der Waals surface area contributed by atoms with Gasteiger partial charge in [0.15, 0.2) is 0 Å². The summed E-state index contributed by atoms with van der Waals surface area (Å²) < 4.78 is 13.0. The van der Waals surface area contributed by atoms with Crippen molar-refractivity contribution >= 4 is 23.5 Å². The minimum Gasteiger partial charge on any atom is -0.480 e. The van der Waals surface area contributed by atoms with E-state index in [1.54, 1.807) is 0 Å². The monoisotopic (exact) mass is 283 g/mol. The smallest absolute Gasteiger partial charge is 0.326 e. The summed E-state index contributed by atoms with van der Waals surface area (Å²) in [5.74, 6) is -3.52. The number of amides is 2. The Labute approximate surface area is 113 Å². The molecule has 7 nitrogen and oxygen atoms in total. The molecule has 0 saturated heterocycles. The molecule has 0 aliphatic carbocycles. The number of hydrogen-bond acceptors (Lipinski definition) is 4. The van der Waals surface area contributed by atoms with E-state index >= 15 is 0 Å². The Morgan fingerprint density at radius 1 is 1.35 bits per heavy atom. The highest BCUT2D eigenvalue weighted by Crippen LogP contribution is 2.13. The van der Waals surface area contributed by atoms with Crippen LogP contribution in [0, 0.1) is 5.82 Å². The highest BCUT2D eigenvalue weighted by atomic mass is 19.1. The number of aliphatic carboxylic acids is 1. The maximum Gasteiger partial charge on any atom is 0.326 e. The highest BCUT2D eigenvalue weighted by molar-refractivity contribution is 6.00. The van der Waals surface area contributed by atoms with Gasteiger partial charge in [0, 0.05) is 12.1 Å². The molecule has 6 N–H and O–H groups in total. The fraction of sp³-hybridized carbons (Fsp3) is 0.250. The molecule has 0 aromatic heterocycles. The van der Waals surface area contributed by atoms with Crippen molar-refractivity contribution in [1.82, 2.24) is 5.32 Å². The molecule has 0 heterocycles. The van der Waals surface area contributed by atoms with Gasteiger partial charge in [-0.1, -0.05) is 0 Å². The summed E-state index contributed by atoms with van der Waals surface area (Å²) in [6.45, 7) is 0. The Morgan fingerprint density at radius 2 is 2.00 bits per heavy atom. The SMILES string of the molecule is NC(=O)CC[C@@H](NC(=O)c1cc(F)ccc1N)C(=O)O. The van der Waals surface area contributed by atoms with Crippen molar-refractivity contribution in [3.63, 3.8) is 0 Å². The third-order valence-electron chi connectivity index (χ3n) is 2.54. The van der Waals surface area contributed by atoms with Gasteiger partial charge in [-0.05, 0) is 24.6 Å². The van der Waals surface area contributed by atoms with E-state index in [9.17, 15) is 18.8 Å². The zero-order valence-corrected chi connectivity index (χ0v) is 10.4. The van der Waals surface area contributed by atoms with Crippen LogP contribution in [-0.2, 0) is 9.59 Å². The van der Waals surface area contributed by atoms with Crippen molar-refractivity contribution in [1.29, 1.82) is 0 Å². The average molecular weight is 283 g/mol. The molecule has 0 spiro atoms. The standard InChI is InChI=1S/C12H14FN3O4/c13-6-1-2-8(14)7(5-6)11(18)16-9(12(19)20)3-4-10(15)17/h1-2,5,9H,3-4,14H2,(H2,15,17)(H,16,18)(H,19,20)/t9-/m1/s1. The van der Waals surface area contributed by atoms with Crippen LogP contribution in [0.25, 0.3) is 0 Å². The lowest BCUT2D eigenvalue weighted by Gasteiger charge is -2.14. The Balaban J connectivity index is 2.82. The van der Waals surface area contributed by atoms with Crippen LogP contribution >= 0.6 is 0 Å². The van der Waals surface area contributed by atoms with E-state index in [0.717, 1.165) is 12.1 Å². The Bertz CT molecular complexity index is 548. The maximum atomic E-state index is 13.0. The zero-order chi connectivity index (χ0) is 15.3. The lowest BCUT2D eigenvalue weighted by Crippen LogP contribution is -2.41. The quantitative estimate of drug-likeness (QED) is 0.539. The van der Waals surface area contributed by atoms with Gasteiger partial charge < -0.3 is 21.9 Å². The lowest BCUT2D eigenvalue weighted by atomic mass is 10.1. The van der Waals surface area contributed by atoms with E-state index in [2.05, 4.69) is 5.32 Å². The minimum absolute atomic E-state index is 0.0166. The molecule has 0 fully saturated rings. The summed E-state index contributed by atoms with van der Waals surface area (Å²) in [7, 11) is 0. The van der Waals surface area contributed by atoms with Gasteiger partial charge in [-0.25, -0.2) is 9.18 Å². The summed E-state index contributed by atoms with van der Waals surface area (Å²) in [4.78, 5) is 33.4. The number of carboxylic acid groups (broad SMARTS) is 1. The average Bonchev–Trinajstić information content (AvgIpc) is 2.36. The molecule has 108 valence electrons. The number of halogens is 1. The molecule has 2 amide bonds. The van der Waals surface area contributed by atoms with Gasteiger partial charge in [-0.2, -0.15) is 0 Å². The topological polar surface area (TPSA) is 136 Å². The van der Waals surface area contributed by atoms with Crippen LogP contribution in [0.5, 0.6) is 0 Å². The van der Waals surface area contributed by atoms with Crippen molar-refractivity contribution < 1.29 is 23.9 Å². The number of rotatable bonds is 6. The van der Waals surface area contributed by atoms with E-state index < -0.39 is 29.6 Å². The predicted molar refractivity (Wildman–Crippen MR) is 68.1 cm³/mol. The molecule has 1 atom stereocenters. The molecule has 1 aromatic rings. The van der Waals surface area contributed by atoms with Crippen LogP contribution in [0.15, 0.2) is 18.2 Å². The first-order valence-electron chi connectivity index (χ1n) is 5.68. The van der Waals surface area contributed by atoms with E-state index in [4.69, 9.17) is 16.6 Å². The minimum atomic E-state index is -1.32. The first-order chi connectivity index (χ1) is 9.31. The first kappa shape index (κ1) is 15.4. The molecule has 1 aromatic carbocycles. The first-order valence-corrected chi connectivity index (χ1v) is 5.68. The zero-order valence-electron chi connectivity index (χ0n) is 10.4. The summed E-state index contributed by atoms with van der Waals surface area (Å²) in [5.41, 5.74) is 10.3. The number of benzene rings is 1. The number of nitrogens with one attached hydrogen (secondary N) is 1. The van der Waals surface area contributed by atoms with Gasteiger partial charge in [0.2, 0.25) is 5.91 Å². The third kappa shape index (κ3) is 4.23. The fourth-order valence-electron chi connectivity index (χ4n) is 1.51. The van der Waals surface area contributed by atoms with Crippen LogP contribution in [0.2, 0.25) is 0 Å². The Kier molecular flexibility index (Phi) is 5.01. The van der Waals surface area contributed by atoms with Crippen LogP contribution < -0.4 is 16.8 Å². The van der Waals surface area contributed by atoms with Gasteiger partial charge in [0.05, 0.1) is 5.56 Å². The van der Waals surface area contributed by atoms with Crippen molar-refractivity contribution in [2.45, 2.75) is 18.9 Å². The van der Waals surface area contributed by atoms with Crippen molar-refractivity contribution in [3.8, 4) is 0 Å². The summed E-state index contributed by atoms with van der Waals surface area (Å²) in [6, 6.07) is 1.87. The maximum absolute atomic E-state index is 13.0. The Hall–Kier alpha value is -2.64. The highest BCUT2D eigenvalue weighted by Gasteiger charge is 2.22. The number of primary amides is 1. The van der Waals surface area contributed by atoms with Gasteiger partial charge >= 0.3 is 5.97 Å². The lowest BCUT2D eigenvalue weighted by molar-refractivity contribution is -0.139. The number of carbonyl (C=O) groups excluding carboxylic acids is 2. The van der Waals surface area contributed by atoms with Crippen molar-refractivity contribution in [2.75, 3.05) is 5.73 Å². The second kappa shape index (κ2) is 6.50. The number of hydrogen-bond donors (Lipinski definition) is 4. The molecule has 0 bridgehead atoms. The molecular weight excluding hydrogens is 269 g/mol. The normalized spacial score (nSPS) is 11.7. The van der Waals surface area contributed by atoms with Crippen molar-refractivity contribution in [3.05, 3.63) is 29.6 Å². The third-order valence-corrected chi connectivity index (χ3v) is 2.54. The number of carbonyl (C=O) groups is 3. The fourth-order valence-corrected chi connectivity index (χ4v) is 1.51. The van der Waals surface area contributed by atoms with Crippen LogP contribution in [-0.4, -0.2) is 28.9 Å². The molecule has 0 radical (unpaired) electrons. The number of carboxylic acids is 1. The van der Waals surface area contributed by atoms with Crippen molar-refractivity contribution in [2.24, 2.45) is 5.73 Å². The summed E-state index contributed by atoms with van der Waals surface area (Å²) in [6.07, 6.45) is -0.360. The molecule has 8 heteroatoms. The number of anilines is 1. The van der Waals surface area contributed by atoms with Crippen LogP contribution in [0.1, 0.15) is 23.2 Å². The van der Waals surface area contributed by atoms with Crippen LogP contribution in [0.4, 0.5) is 10.1 Å².